The van der Waals surface area contributed by atoms with E-state index in [-0.39, 0.29) is 12.0 Å². The van der Waals surface area contributed by atoms with Gasteiger partial charge in [-0.05, 0) is 51.3 Å². The minimum atomic E-state index is 0.0573. The maximum atomic E-state index is 12.3. The van der Waals surface area contributed by atoms with Crippen LogP contribution in [-0.2, 0) is 16.0 Å². The molecule has 1 aromatic heterocycles. The normalized spacial score (nSPS) is 11.1. The first-order chi connectivity index (χ1) is 14.5. The molecule has 1 N–H and O–H groups in total. The van der Waals surface area contributed by atoms with E-state index in [1.807, 2.05) is 55.1 Å². The van der Waals surface area contributed by atoms with Gasteiger partial charge in [-0.15, -0.1) is 0 Å². The zero-order valence-corrected chi connectivity index (χ0v) is 18.1. The molecule has 3 rings (SSSR count). The van der Waals surface area contributed by atoms with Crippen LogP contribution in [0.25, 0.3) is 16.9 Å². The van der Waals surface area contributed by atoms with E-state index in [0.29, 0.717) is 26.0 Å². The van der Waals surface area contributed by atoms with Crippen molar-refractivity contribution < 1.29 is 9.53 Å². The maximum absolute atomic E-state index is 12.3. The van der Waals surface area contributed by atoms with Crippen LogP contribution in [0.4, 0.5) is 0 Å². The number of hydrogen-bond donors (Lipinski definition) is 1. The standard InChI is InChI=1S/C25H31N3O2/c1-19(2)30-17-7-16-26-24(29)15-14-22-18-28(23-8-5-4-6-9-23)27-25(22)21-12-10-20(3)11-13-21/h4-6,8-13,18-19H,7,14-17H2,1-3H3,(H,26,29). The zero-order chi connectivity index (χ0) is 21.3. The van der Waals surface area contributed by atoms with E-state index in [4.69, 9.17) is 9.84 Å². The van der Waals surface area contributed by atoms with Crippen LogP contribution >= 0.6 is 0 Å². The van der Waals surface area contributed by atoms with Crippen LogP contribution < -0.4 is 5.32 Å². The van der Waals surface area contributed by atoms with Crippen molar-refractivity contribution in [2.45, 2.75) is 46.1 Å². The second-order valence-electron chi connectivity index (χ2n) is 7.77. The van der Waals surface area contributed by atoms with E-state index in [0.717, 1.165) is 28.9 Å². The highest BCUT2D eigenvalue weighted by atomic mass is 16.5. The topological polar surface area (TPSA) is 56.2 Å². The van der Waals surface area contributed by atoms with Crippen LogP contribution in [0, 0.1) is 6.92 Å². The van der Waals surface area contributed by atoms with Crippen LogP contribution in [0.2, 0.25) is 0 Å². The number of carbonyl (C=O) groups excluding carboxylic acids is 1. The quantitative estimate of drug-likeness (QED) is 0.497. The molecule has 0 unspecified atom stereocenters. The zero-order valence-electron chi connectivity index (χ0n) is 18.1. The molecule has 3 aromatic rings. The molecule has 0 aliphatic carbocycles. The van der Waals surface area contributed by atoms with Gasteiger partial charge in [-0.3, -0.25) is 4.79 Å². The summed E-state index contributed by atoms with van der Waals surface area (Å²) in [5.74, 6) is 0.0573. The van der Waals surface area contributed by atoms with E-state index in [1.165, 1.54) is 5.56 Å². The fourth-order valence-electron chi connectivity index (χ4n) is 3.22. The van der Waals surface area contributed by atoms with Gasteiger partial charge in [-0.25, -0.2) is 4.68 Å². The number of aromatic nitrogens is 2. The van der Waals surface area contributed by atoms with Gasteiger partial charge in [0.25, 0.3) is 0 Å². The number of ether oxygens (including phenoxy) is 1. The molecule has 0 saturated heterocycles. The number of rotatable bonds is 10. The number of para-hydroxylation sites is 1. The van der Waals surface area contributed by atoms with E-state index in [1.54, 1.807) is 0 Å². The van der Waals surface area contributed by atoms with E-state index >= 15 is 0 Å². The number of benzene rings is 2. The first kappa shape index (κ1) is 21.8. The van der Waals surface area contributed by atoms with Gasteiger partial charge in [0.15, 0.2) is 0 Å². The minimum Gasteiger partial charge on any atom is -0.379 e. The smallest absolute Gasteiger partial charge is 0.220 e. The lowest BCUT2D eigenvalue weighted by molar-refractivity contribution is -0.121. The third-order valence-corrected chi connectivity index (χ3v) is 4.85. The number of hydrogen-bond acceptors (Lipinski definition) is 3. The van der Waals surface area contributed by atoms with Crippen molar-refractivity contribution in [2.75, 3.05) is 13.2 Å². The third kappa shape index (κ3) is 6.29. The van der Waals surface area contributed by atoms with Gasteiger partial charge in [0.2, 0.25) is 5.91 Å². The first-order valence-corrected chi connectivity index (χ1v) is 10.6. The molecule has 2 aromatic carbocycles. The Hall–Kier alpha value is -2.92. The van der Waals surface area contributed by atoms with Gasteiger partial charge in [0.05, 0.1) is 17.5 Å². The van der Waals surface area contributed by atoms with Crippen molar-refractivity contribution >= 4 is 5.91 Å². The van der Waals surface area contributed by atoms with Crippen molar-refractivity contribution in [3.63, 3.8) is 0 Å². The molecule has 1 heterocycles. The summed E-state index contributed by atoms with van der Waals surface area (Å²) in [6.07, 6.45) is 4.16. The van der Waals surface area contributed by atoms with Gasteiger partial charge in [0.1, 0.15) is 0 Å². The summed E-state index contributed by atoms with van der Waals surface area (Å²) in [5.41, 5.74) is 5.28. The number of carbonyl (C=O) groups is 1. The fourth-order valence-corrected chi connectivity index (χ4v) is 3.22. The molecular formula is C25H31N3O2. The molecule has 30 heavy (non-hydrogen) atoms. The Labute approximate surface area is 179 Å². The molecule has 5 heteroatoms. The molecule has 0 fully saturated rings. The van der Waals surface area contributed by atoms with Crippen LogP contribution in [0.1, 0.15) is 37.8 Å². The molecule has 0 saturated carbocycles. The Morgan fingerprint density at radius 2 is 1.83 bits per heavy atom. The average Bonchev–Trinajstić information content (AvgIpc) is 3.17. The number of nitrogens with zero attached hydrogens (tertiary/aromatic N) is 2. The summed E-state index contributed by atoms with van der Waals surface area (Å²) in [4.78, 5) is 12.3. The third-order valence-electron chi connectivity index (χ3n) is 4.85. The fraction of sp³-hybridized carbons (Fsp3) is 0.360. The molecule has 0 radical (unpaired) electrons. The Bertz CT molecular complexity index is 931. The number of nitrogens with one attached hydrogen (secondary N) is 1. The average molecular weight is 406 g/mol. The maximum Gasteiger partial charge on any atom is 0.220 e. The molecule has 158 valence electrons. The van der Waals surface area contributed by atoms with Gasteiger partial charge >= 0.3 is 0 Å². The second kappa shape index (κ2) is 10.7. The summed E-state index contributed by atoms with van der Waals surface area (Å²) in [6, 6.07) is 18.4. The first-order valence-electron chi connectivity index (χ1n) is 10.6. The van der Waals surface area contributed by atoms with Crippen molar-refractivity contribution in [2.24, 2.45) is 0 Å². The van der Waals surface area contributed by atoms with Gasteiger partial charge in [0, 0.05) is 31.3 Å². The minimum absolute atomic E-state index is 0.0573. The Morgan fingerprint density at radius 3 is 2.53 bits per heavy atom. The summed E-state index contributed by atoms with van der Waals surface area (Å²) in [6.45, 7) is 7.41. The Balaban J connectivity index is 1.67. The SMILES string of the molecule is Cc1ccc(-c2nn(-c3ccccc3)cc2CCC(=O)NCCCOC(C)C)cc1. The highest BCUT2D eigenvalue weighted by Crippen LogP contribution is 2.25. The monoisotopic (exact) mass is 405 g/mol. The van der Waals surface area contributed by atoms with Gasteiger partial charge in [-0.2, -0.15) is 5.10 Å². The number of amides is 1. The summed E-state index contributed by atoms with van der Waals surface area (Å²) in [5, 5.41) is 7.82. The molecular weight excluding hydrogens is 374 g/mol. The van der Waals surface area contributed by atoms with Crippen LogP contribution in [0.15, 0.2) is 60.8 Å². The molecule has 5 nitrogen and oxygen atoms in total. The lowest BCUT2D eigenvalue weighted by Crippen LogP contribution is -2.25. The van der Waals surface area contributed by atoms with Crippen molar-refractivity contribution in [3.8, 4) is 16.9 Å². The summed E-state index contributed by atoms with van der Waals surface area (Å²) >= 11 is 0. The van der Waals surface area contributed by atoms with Gasteiger partial charge in [-0.1, -0.05) is 48.0 Å². The highest BCUT2D eigenvalue weighted by Gasteiger charge is 2.14. The lowest BCUT2D eigenvalue weighted by atomic mass is 10.0. The molecule has 0 aliphatic heterocycles. The predicted octanol–water partition coefficient (Wildman–Crippen LogP) is 4.71. The second-order valence-corrected chi connectivity index (χ2v) is 7.77. The van der Waals surface area contributed by atoms with Crippen LogP contribution in [0.5, 0.6) is 0 Å². The Kier molecular flexibility index (Phi) is 7.80. The Morgan fingerprint density at radius 1 is 1.10 bits per heavy atom. The highest BCUT2D eigenvalue weighted by molar-refractivity contribution is 5.76. The molecule has 0 bridgehead atoms. The van der Waals surface area contributed by atoms with Crippen LogP contribution in [-0.4, -0.2) is 34.9 Å². The predicted molar refractivity (Wildman–Crippen MR) is 121 cm³/mol. The van der Waals surface area contributed by atoms with E-state index in [2.05, 4.69) is 36.5 Å². The van der Waals surface area contributed by atoms with Crippen molar-refractivity contribution in [1.82, 2.24) is 15.1 Å². The summed E-state index contributed by atoms with van der Waals surface area (Å²) in [7, 11) is 0. The molecule has 1 amide bonds. The van der Waals surface area contributed by atoms with Crippen molar-refractivity contribution in [3.05, 3.63) is 71.9 Å². The van der Waals surface area contributed by atoms with Crippen molar-refractivity contribution in [1.29, 1.82) is 0 Å². The largest absolute Gasteiger partial charge is 0.379 e. The van der Waals surface area contributed by atoms with E-state index in [9.17, 15) is 4.79 Å². The molecule has 0 spiro atoms. The van der Waals surface area contributed by atoms with Crippen LogP contribution in [0.3, 0.4) is 0 Å². The molecule has 0 atom stereocenters. The number of aryl methyl sites for hydroxylation is 2. The lowest BCUT2D eigenvalue weighted by Gasteiger charge is -2.08. The summed E-state index contributed by atoms with van der Waals surface area (Å²) < 4.78 is 7.40. The van der Waals surface area contributed by atoms with E-state index < -0.39 is 0 Å². The molecule has 0 aliphatic rings. The van der Waals surface area contributed by atoms with Gasteiger partial charge < -0.3 is 10.1 Å².